The average Bonchev–Trinajstić information content (AvgIpc) is 2.76. The molecule has 1 heterocycles. The lowest BCUT2D eigenvalue weighted by atomic mass is 10.3. The molecule has 0 bridgehead atoms. The maximum Gasteiger partial charge on any atom is 0.164 e. The van der Waals surface area contributed by atoms with Gasteiger partial charge in [0.2, 0.25) is 0 Å². The fourth-order valence-electron chi connectivity index (χ4n) is 1.56. The van der Waals surface area contributed by atoms with Crippen LogP contribution in [-0.2, 0) is 7.05 Å². The average molecular weight is 329 g/mol. The Bertz CT molecular complexity index is 546. The molecule has 1 atom stereocenters. The lowest BCUT2D eigenvalue weighted by Gasteiger charge is -2.10. The molecule has 0 aliphatic carbocycles. The van der Waals surface area contributed by atoms with Crippen LogP contribution in [0.15, 0.2) is 27.6 Å². The van der Waals surface area contributed by atoms with Gasteiger partial charge in [0.05, 0.1) is 16.8 Å². The zero-order valence-electron chi connectivity index (χ0n) is 10.3. The number of methoxy groups -OCH3 is 1. The second kappa shape index (κ2) is 5.71. The van der Waals surface area contributed by atoms with Crippen LogP contribution in [0.2, 0.25) is 0 Å². The summed E-state index contributed by atoms with van der Waals surface area (Å²) in [4.78, 5) is 1.14. The predicted octanol–water partition coefficient (Wildman–Crippen LogP) is 2.83. The quantitative estimate of drug-likeness (QED) is 0.808. The van der Waals surface area contributed by atoms with Gasteiger partial charge in [0.1, 0.15) is 5.75 Å². The van der Waals surface area contributed by atoms with Crippen LogP contribution in [-0.4, -0.2) is 27.3 Å². The number of aryl methyl sites for hydroxylation is 1. The Balaban J connectivity index is 2.15. The molecule has 0 N–H and O–H groups in total. The summed E-state index contributed by atoms with van der Waals surface area (Å²) in [6, 6.07) is 5.99. The first-order valence-electron chi connectivity index (χ1n) is 5.34. The number of halogens is 1. The van der Waals surface area contributed by atoms with E-state index in [4.69, 9.17) is 4.74 Å². The van der Waals surface area contributed by atoms with Gasteiger partial charge >= 0.3 is 0 Å². The van der Waals surface area contributed by atoms with Gasteiger partial charge in [-0.1, -0.05) is 0 Å². The molecule has 0 aliphatic rings. The fourth-order valence-corrected chi connectivity index (χ4v) is 3.30. The van der Waals surface area contributed by atoms with Gasteiger partial charge in [0.15, 0.2) is 5.82 Å². The van der Waals surface area contributed by atoms with Crippen molar-refractivity contribution < 1.29 is 4.74 Å². The van der Waals surface area contributed by atoms with Crippen molar-refractivity contribution >= 4 is 27.7 Å². The van der Waals surface area contributed by atoms with E-state index in [1.54, 1.807) is 23.6 Å². The molecule has 1 aromatic carbocycles. The third-order valence-electron chi connectivity index (χ3n) is 2.45. The molecule has 2 aromatic rings. The Morgan fingerprint density at radius 1 is 1.44 bits per heavy atom. The van der Waals surface area contributed by atoms with E-state index >= 15 is 0 Å². The molecule has 18 heavy (non-hydrogen) atoms. The molecule has 0 spiro atoms. The molecular weight excluding hydrogens is 316 g/mol. The largest absolute Gasteiger partial charge is 0.496 e. The van der Waals surface area contributed by atoms with Crippen LogP contribution in [0.4, 0.5) is 0 Å². The zero-order chi connectivity index (χ0) is 13.1. The maximum absolute atomic E-state index is 5.20. The van der Waals surface area contributed by atoms with Crippen molar-refractivity contribution in [3.05, 3.63) is 28.5 Å². The van der Waals surface area contributed by atoms with Gasteiger partial charge in [-0.05, 0) is 51.5 Å². The number of hydrogen-bond donors (Lipinski definition) is 0. The van der Waals surface area contributed by atoms with Crippen molar-refractivity contribution in [1.82, 2.24) is 20.2 Å². The molecule has 0 radical (unpaired) electrons. The number of aromatic nitrogens is 4. The molecule has 5 nitrogen and oxygen atoms in total. The molecule has 2 rings (SSSR count). The topological polar surface area (TPSA) is 52.8 Å². The van der Waals surface area contributed by atoms with Crippen molar-refractivity contribution in [3.63, 3.8) is 0 Å². The third-order valence-corrected chi connectivity index (χ3v) is 4.16. The van der Waals surface area contributed by atoms with E-state index in [0.717, 1.165) is 20.9 Å². The van der Waals surface area contributed by atoms with E-state index in [0.29, 0.717) is 0 Å². The highest BCUT2D eigenvalue weighted by molar-refractivity contribution is 9.10. The Kier molecular flexibility index (Phi) is 4.23. The van der Waals surface area contributed by atoms with Crippen LogP contribution in [0, 0.1) is 0 Å². The molecule has 0 amide bonds. The Labute approximate surface area is 118 Å². The molecule has 1 aromatic heterocycles. The molecule has 0 aliphatic heterocycles. The molecule has 0 saturated carbocycles. The minimum atomic E-state index is 0.185. The van der Waals surface area contributed by atoms with Gasteiger partial charge in [0.25, 0.3) is 0 Å². The fraction of sp³-hybridized carbons (Fsp3) is 0.364. The molecule has 0 fully saturated rings. The number of ether oxygens (including phenoxy) is 1. The third kappa shape index (κ3) is 2.84. The highest BCUT2D eigenvalue weighted by Crippen LogP contribution is 2.36. The molecule has 0 saturated heterocycles. The second-order valence-corrected chi connectivity index (χ2v) is 5.99. The van der Waals surface area contributed by atoms with E-state index in [1.165, 1.54) is 0 Å². The van der Waals surface area contributed by atoms with E-state index < -0.39 is 0 Å². The smallest absolute Gasteiger partial charge is 0.164 e. The van der Waals surface area contributed by atoms with Gasteiger partial charge < -0.3 is 4.74 Å². The van der Waals surface area contributed by atoms with Crippen molar-refractivity contribution in [1.29, 1.82) is 0 Å². The highest BCUT2D eigenvalue weighted by Gasteiger charge is 2.14. The first-order valence-corrected chi connectivity index (χ1v) is 7.01. The summed E-state index contributed by atoms with van der Waals surface area (Å²) in [6.07, 6.45) is 0. The maximum atomic E-state index is 5.20. The van der Waals surface area contributed by atoms with E-state index in [2.05, 4.69) is 38.4 Å². The Hall–Kier alpha value is -1.08. The summed E-state index contributed by atoms with van der Waals surface area (Å²) in [6.45, 7) is 2.08. The van der Waals surface area contributed by atoms with Gasteiger partial charge in [-0.25, -0.2) is 4.68 Å². The van der Waals surface area contributed by atoms with Gasteiger partial charge in [-0.2, -0.15) is 0 Å². The SMILES string of the molecule is COc1ccc(SC(C)c2nnnn2C)cc1Br. The van der Waals surface area contributed by atoms with Crippen LogP contribution >= 0.6 is 27.7 Å². The van der Waals surface area contributed by atoms with Crippen molar-refractivity contribution in [2.24, 2.45) is 7.05 Å². The van der Waals surface area contributed by atoms with Crippen molar-refractivity contribution in [2.75, 3.05) is 7.11 Å². The summed E-state index contributed by atoms with van der Waals surface area (Å²) in [5, 5.41) is 11.7. The monoisotopic (exact) mass is 328 g/mol. The van der Waals surface area contributed by atoms with Crippen molar-refractivity contribution in [2.45, 2.75) is 17.1 Å². The lowest BCUT2D eigenvalue weighted by molar-refractivity contribution is 0.412. The summed E-state index contributed by atoms with van der Waals surface area (Å²) in [5.41, 5.74) is 0. The van der Waals surface area contributed by atoms with Crippen molar-refractivity contribution in [3.8, 4) is 5.75 Å². The minimum Gasteiger partial charge on any atom is -0.496 e. The van der Waals surface area contributed by atoms with Crippen LogP contribution in [0.25, 0.3) is 0 Å². The van der Waals surface area contributed by atoms with Crippen LogP contribution in [0.5, 0.6) is 5.75 Å². The zero-order valence-corrected chi connectivity index (χ0v) is 12.7. The predicted molar refractivity (Wildman–Crippen MR) is 73.8 cm³/mol. The lowest BCUT2D eigenvalue weighted by Crippen LogP contribution is -2.01. The normalized spacial score (nSPS) is 12.4. The molecule has 1 unspecified atom stereocenters. The summed E-state index contributed by atoms with van der Waals surface area (Å²) in [5.74, 6) is 1.68. The Morgan fingerprint density at radius 2 is 2.22 bits per heavy atom. The van der Waals surface area contributed by atoms with Crippen LogP contribution in [0.1, 0.15) is 18.0 Å². The highest BCUT2D eigenvalue weighted by atomic mass is 79.9. The minimum absolute atomic E-state index is 0.185. The Morgan fingerprint density at radius 3 is 2.78 bits per heavy atom. The van der Waals surface area contributed by atoms with Crippen LogP contribution < -0.4 is 4.74 Å². The number of tetrazole rings is 1. The standard InChI is InChI=1S/C11H13BrN4OS/c1-7(11-13-14-15-16(11)2)18-8-4-5-10(17-3)9(12)6-8/h4-7H,1-3H3. The number of thioether (sulfide) groups is 1. The summed E-state index contributed by atoms with van der Waals surface area (Å²) < 4.78 is 7.84. The molecule has 96 valence electrons. The number of nitrogens with zero attached hydrogens (tertiary/aromatic N) is 4. The van der Waals surface area contributed by atoms with E-state index in [1.807, 2.05) is 25.2 Å². The van der Waals surface area contributed by atoms with Gasteiger partial charge in [-0.15, -0.1) is 16.9 Å². The summed E-state index contributed by atoms with van der Waals surface area (Å²) >= 11 is 5.18. The molecule has 7 heteroatoms. The van der Waals surface area contributed by atoms with E-state index in [9.17, 15) is 0 Å². The second-order valence-electron chi connectivity index (χ2n) is 3.72. The number of rotatable bonds is 4. The number of hydrogen-bond acceptors (Lipinski definition) is 5. The first-order chi connectivity index (χ1) is 8.61. The van der Waals surface area contributed by atoms with Gasteiger partial charge in [-0.3, -0.25) is 0 Å². The summed E-state index contributed by atoms with van der Waals surface area (Å²) in [7, 11) is 3.50. The van der Waals surface area contributed by atoms with E-state index in [-0.39, 0.29) is 5.25 Å². The van der Waals surface area contributed by atoms with Gasteiger partial charge in [0, 0.05) is 11.9 Å². The molecular formula is C11H13BrN4OS. The number of benzene rings is 1. The first kappa shape index (κ1) is 13.4. The van der Waals surface area contributed by atoms with Crippen LogP contribution in [0.3, 0.4) is 0 Å².